The molecule has 1 rings (SSSR count). The van der Waals surface area contributed by atoms with Crippen molar-refractivity contribution in [2.45, 2.75) is 103 Å². The summed E-state index contributed by atoms with van der Waals surface area (Å²) >= 11 is 0. The molecule has 3 nitrogen and oxygen atoms in total. The Morgan fingerprint density at radius 1 is 1.07 bits per heavy atom. The number of rotatable bonds is 10. The molecular weight excluding hydrogens is 389 g/mol. The summed E-state index contributed by atoms with van der Waals surface area (Å²) in [4.78, 5) is 0. The molecule has 1 aromatic rings. The highest BCUT2D eigenvalue weighted by Crippen LogP contribution is 2.43. The Kier molecular flexibility index (Phi) is 9.06. The molecule has 1 aromatic carbocycles. The first kappa shape index (κ1) is 25.5. The molecule has 2 atom stereocenters. The summed E-state index contributed by atoms with van der Waals surface area (Å²) in [5, 5.41) is 5.66. The first-order chi connectivity index (χ1) is 12.8. The quantitative estimate of drug-likeness (QED) is 0.437. The van der Waals surface area contributed by atoms with Gasteiger partial charge in [0.25, 0.3) is 0 Å². The number of nitrogens with two attached hydrogens (primary N) is 1. The molecule has 2 N–H and O–H groups in total. The van der Waals surface area contributed by atoms with Crippen molar-refractivity contribution in [3.8, 4) is 0 Å². The number of hydrogen-bond donors (Lipinski definition) is 1. The van der Waals surface area contributed by atoms with Crippen molar-refractivity contribution in [3.05, 3.63) is 35.1 Å². The molecule has 0 bridgehead atoms. The van der Waals surface area contributed by atoms with Crippen LogP contribution in [0.1, 0.15) is 85.8 Å². The van der Waals surface area contributed by atoms with Crippen molar-refractivity contribution in [2.75, 3.05) is 0 Å². The SMILES string of the molecule is CC(C)[Si](OCc1c(F)cccc1[C@H](C)CC(C)(C)S(N)=O)(C(C)C)C(C)C. The van der Waals surface area contributed by atoms with Crippen LogP contribution in [0.5, 0.6) is 0 Å². The summed E-state index contributed by atoms with van der Waals surface area (Å²) in [5.74, 6) is -0.194. The van der Waals surface area contributed by atoms with Crippen LogP contribution in [0, 0.1) is 5.82 Å². The molecule has 0 aliphatic rings. The van der Waals surface area contributed by atoms with Gasteiger partial charge in [0.05, 0.1) is 22.3 Å². The molecule has 0 fully saturated rings. The second kappa shape index (κ2) is 9.96. The van der Waals surface area contributed by atoms with Gasteiger partial charge in [0, 0.05) is 5.56 Å². The lowest BCUT2D eigenvalue weighted by molar-refractivity contribution is 0.259. The van der Waals surface area contributed by atoms with E-state index < -0.39 is 24.1 Å². The van der Waals surface area contributed by atoms with E-state index in [1.165, 1.54) is 6.07 Å². The summed E-state index contributed by atoms with van der Waals surface area (Å²) in [6, 6.07) is 5.21. The van der Waals surface area contributed by atoms with Crippen molar-refractivity contribution in [1.82, 2.24) is 0 Å². The summed E-state index contributed by atoms with van der Waals surface area (Å²) in [6.45, 7) is 19.5. The normalized spacial score (nSPS) is 15.5. The van der Waals surface area contributed by atoms with Crippen LogP contribution in [0.25, 0.3) is 0 Å². The fourth-order valence-corrected chi connectivity index (χ4v) is 10.6. The molecule has 0 aliphatic heterocycles. The average molecular weight is 430 g/mol. The van der Waals surface area contributed by atoms with Gasteiger partial charge in [-0.3, -0.25) is 5.14 Å². The zero-order valence-corrected chi connectivity index (χ0v) is 21.0. The van der Waals surface area contributed by atoms with Gasteiger partial charge in [-0.1, -0.05) is 60.6 Å². The van der Waals surface area contributed by atoms with Crippen molar-refractivity contribution < 1.29 is 13.0 Å². The highest BCUT2D eigenvalue weighted by Gasteiger charge is 2.45. The third-order valence-electron chi connectivity index (χ3n) is 6.20. The lowest BCUT2D eigenvalue weighted by Crippen LogP contribution is -2.47. The molecule has 0 spiro atoms. The molecule has 6 heteroatoms. The fraction of sp³-hybridized carbons (Fsp3) is 0.727. The molecule has 0 aliphatic carbocycles. The van der Waals surface area contributed by atoms with Gasteiger partial charge in [0.15, 0.2) is 0 Å². The predicted octanol–water partition coefficient (Wildman–Crippen LogP) is 6.41. The Bertz CT molecular complexity index is 655. The van der Waals surface area contributed by atoms with E-state index in [1.807, 2.05) is 26.8 Å². The van der Waals surface area contributed by atoms with Crippen LogP contribution in [0.2, 0.25) is 16.6 Å². The summed E-state index contributed by atoms with van der Waals surface area (Å²) in [5.41, 5.74) is 2.89. The Balaban J connectivity index is 3.24. The van der Waals surface area contributed by atoms with E-state index in [1.54, 1.807) is 6.07 Å². The zero-order chi connectivity index (χ0) is 21.9. The molecule has 0 saturated heterocycles. The topological polar surface area (TPSA) is 52.3 Å². The lowest BCUT2D eigenvalue weighted by atomic mass is 9.88. The predicted molar refractivity (Wildman–Crippen MR) is 122 cm³/mol. The first-order valence-electron chi connectivity index (χ1n) is 10.3. The van der Waals surface area contributed by atoms with E-state index in [0.29, 0.717) is 35.2 Å². The Morgan fingerprint density at radius 2 is 1.57 bits per heavy atom. The van der Waals surface area contributed by atoms with Crippen LogP contribution in [0.3, 0.4) is 0 Å². The van der Waals surface area contributed by atoms with Gasteiger partial charge in [-0.05, 0) is 54.4 Å². The largest absolute Gasteiger partial charge is 0.412 e. The summed E-state index contributed by atoms with van der Waals surface area (Å²) in [6.07, 6.45) is 0.619. The van der Waals surface area contributed by atoms with E-state index in [0.717, 1.165) is 5.56 Å². The minimum Gasteiger partial charge on any atom is -0.412 e. The number of halogens is 1. The molecule has 162 valence electrons. The highest BCUT2D eigenvalue weighted by molar-refractivity contribution is 7.84. The van der Waals surface area contributed by atoms with Crippen molar-refractivity contribution in [3.63, 3.8) is 0 Å². The third-order valence-corrected chi connectivity index (χ3v) is 13.5. The van der Waals surface area contributed by atoms with Crippen molar-refractivity contribution >= 4 is 19.3 Å². The monoisotopic (exact) mass is 429 g/mol. The molecule has 0 heterocycles. The van der Waals surface area contributed by atoms with E-state index in [-0.39, 0.29) is 11.7 Å². The van der Waals surface area contributed by atoms with E-state index in [9.17, 15) is 8.60 Å². The third kappa shape index (κ3) is 5.52. The minimum atomic E-state index is -2.09. The van der Waals surface area contributed by atoms with Gasteiger partial charge in [-0.25, -0.2) is 8.60 Å². The van der Waals surface area contributed by atoms with Gasteiger partial charge in [-0.2, -0.15) is 0 Å². The average Bonchev–Trinajstić information content (AvgIpc) is 2.54. The van der Waals surface area contributed by atoms with Gasteiger partial charge in [0.1, 0.15) is 5.82 Å². The number of hydrogen-bond acceptors (Lipinski definition) is 2. The molecule has 0 saturated carbocycles. The highest BCUT2D eigenvalue weighted by atomic mass is 32.2. The molecule has 28 heavy (non-hydrogen) atoms. The maximum absolute atomic E-state index is 14.8. The summed E-state index contributed by atoms with van der Waals surface area (Å²) in [7, 11) is -3.53. The van der Waals surface area contributed by atoms with Crippen LogP contribution < -0.4 is 5.14 Å². The van der Waals surface area contributed by atoms with Gasteiger partial charge in [-0.15, -0.1) is 0 Å². The molecule has 0 radical (unpaired) electrons. The van der Waals surface area contributed by atoms with E-state index in [4.69, 9.17) is 9.56 Å². The Labute approximate surface area is 175 Å². The van der Waals surface area contributed by atoms with Gasteiger partial charge >= 0.3 is 0 Å². The van der Waals surface area contributed by atoms with E-state index >= 15 is 0 Å². The second-order valence-corrected chi connectivity index (χ2v) is 16.7. The van der Waals surface area contributed by atoms with Gasteiger partial charge < -0.3 is 4.43 Å². The second-order valence-electron chi connectivity index (χ2n) is 9.58. The van der Waals surface area contributed by atoms with Crippen LogP contribution in [0.15, 0.2) is 18.2 Å². The number of benzene rings is 1. The fourth-order valence-electron chi connectivity index (χ4n) is 4.82. The summed E-state index contributed by atoms with van der Waals surface area (Å²) < 4.78 is 32.8. The zero-order valence-electron chi connectivity index (χ0n) is 19.1. The molecule has 0 aromatic heterocycles. The maximum Gasteiger partial charge on any atom is 0.200 e. The van der Waals surface area contributed by atoms with Gasteiger partial charge in [0.2, 0.25) is 8.32 Å². The van der Waals surface area contributed by atoms with Crippen molar-refractivity contribution in [2.24, 2.45) is 5.14 Å². The Morgan fingerprint density at radius 3 is 2.00 bits per heavy atom. The van der Waals surface area contributed by atoms with Crippen LogP contribution in [0.4, 0.5) is 4.39 Å². The maximum atomic E-state index is 14.8. The minimum absolute atomic E-state index is 0.0324. The lowest BCUT2D eigenvalue weighted by Gasteiger charge is -2.42. The standard InChI is InChI=1S/C22H40FNO2SSi/c1-15(2)28(16(3)4,17(5)6)26-14-20-19(11-10-12-21(20)23)18(7)13-22(8,9)27(24)25/h10-12,15-18H,13-14,24H2,1-9H3/t18-,27?/m1/s1. The van der Waals surface area contributed by atoms with Crippen LogP contribution >= 0.6 is 0 Å². The Hall–Kier alpha value is -0.563. The van der Waals surface area contributed by atoms with Crippen molar-refractivity contribution in [1.29, 1.82) is 0 Å². The first-order valence-corrected chi connectivity index (χ1v) is 13.7. The van der Waals surface area contributed by atoms with Crippen LogP contribution in [-0.2, 0) is 22.0 Å². The smallest absolute Gasteiger partial charge is 0.200 e. The molecule has 1 unspecified atom stereocenters. The molecule has 0 amide bonds. The van der Waals surface area contributed by atoms with Crippen LogP contribution in [-0.4, -0.2) is 17.3 Å². The molecular formula is C22H40FNO2SSi. The van der Waals surface area contributed by atoms with E-state index in [2.05, 4.69) is 41.5 Å².